The van der Waals surface area contributed by atoms with E-state index in [1.165, 1.54) is 18.2 Å². The molecule has 3 aromatic rings. The Balaban J connectivity index is 1.92. The molecule has 222 valence electrons. The van der Waals surface area contributed by atoms with Crippen LogP contribution >= 0.6 is 11.6 Å². The zero-order valence-electron chi connectivity index (χ0n) is 23.3. The van der Waals surface area contributed by atoms with Gasteiger partial charge in [0.25, 0.3) is 5.91 Å². The number of benzene rings is 3. The maximum atomic E-state index is 13.2. The molecule has 0 unspecified atom stereocenters. The number of amidine groups is 1. The number of primary amides is 1. The summed E-state index contributed by atoms with van der Waals surface area (Å²) in [5, 5.41) is 18.1. The van der Waals surface area contributed by atoms with Crippen LogP contribution in [0.1, 0.15) is 52.6 Å². The number of nitrogens with zero attached hydrogens (tertiary/aromatic N) is 1. The summed E-state index contributed by atoms with van der Waals surface area (Å²) in [5.41, 5.74) is 13.3. The van der Waals surface area contributed by atoms with Gasteiger partial charge in [-0.2, -0.15) is 0 Å². The molecule has 0 aromatic heterocycles. The van der Waals surface area contributed by atoms with Crippen molar-refractivity contribution < 1.29 is 33.8 Å². The van der Waals surface area contributed by atoms with Gasteiger partial charge in [0.1, 0.15) is 0 Å². The number of hydrogen-bond donors (Lipinski definition) is 5. The van der Waals surface area contributed by atoms with Crippen LogP contribution in [-0.4, -0.2) is 48.1 Å². The van der Waals surface area contributed by atoms with Gasteiger partial charge in [0.15, 0.2) is 23.9 Å². The topological polar surface area (TPSA) is 188 Å². The van der Waals surface area contributed by atoms with E-state index in [1.807, 2.05) is 0 Å². The molecule has 0 saturated carbocycles. The van der Waals surface area contributed by atoms with E-state index in [-0.39, 0.29) is 47.7 Å². The van der Waals surface area contributed by atoms with Gasteiger partial charge < -0.3 is 41.5 Å². The molecule has 3 rings (SSSR count). The standard InChI is InChI=1S/C29H32ClN5O7/c1-4-40-25(36)15-41-26-19(11-18(28(32)37)12-24(26)42-16(2)3)14-33-23-10-7-20(30)13-22(23)29(38)34-21-8-5-17(6-9-21)27(31)35-39/h5-13,16,33,39H,4,14-15H2,1-3H3,(H2,31,35)(H2,32,37)(H,34,38). The first-order valence-corrected chi connectivity index (χ1v) is 13.2. The largest absolute Gasteiger partial charge is 0.487 e. The van der Waals surface area contributed by atoms with Crippen LogP contribution in [0, 0.1) is 0 Å². The minimum atomic E-state index is -0.689. The predicted molar refractivity (Wildman–Crippen MR) is 159 cm³/mol. The Hall–Kier alpha value is -4.97. The molecule has 13 heteroatoms. The molecular weight excluding hydrogens is 566 g/mol. The fourth-order valence-corrected chi connectivity index (χ4v) is 3.97. The van der Waals surface area contributed by atoms with E-state index in [4.69, 9.17) is 42.5 Å². The highest BCUT2D eigenvalue weighted by atomic mass is 35.5. The van der Waals surface area contributed by atoms with Gasteiger partial charge in [-0.1, -0.05) is 16.8 Å². The monoisotopic (exact) mass is 597 g/mol. The average Bonchev–Trinajstić information content (AvgIpc) is 2.95. The summed E-state index contributed by atoms with van der Waals surface area (Å²) in [7, 11) is 0. The zero-order valence-corrected chi connectivity index (χ0v) is 24.0. The fourth-order valence-electron chi connectivity index (χ4n) is 3.80. The highest BCUT2D eigenvalue weighted by Crippen LogP contribution is 2.35. The Morgan fingerprint density at radius 3 is 2.36 bits per heavy atom. The van der Waals surface area contributed by atoms with E-state index >= 15 is 0 Å². The van der Waals surface area contributed by atoms with Crippen LogP contribution < -0.4 is 31.6 Å². The Morgan fingerprint density at radius 1 is 1.02 bits per heavy atom. The van der Waals surface area contributed by atoms with Crippen LogP contribution in [0.5, 0.6) is 11.5 Å². The van der Waals surface area contributed by atoms with Crippen molar-refractivity contribution in [2.45, 2.75) is 33.4 Å². The van der Waals surface area contributed by atoms with E-state index in [2.05, 4.69) is 15.8 Å². The summed E-state index contributed by atoms with van der Waals surface area (Å²) >= 11 is 6.21. The van der Waals surface area contributed by atoms with Crippen molar-refractivity contribution in [1.82, 2.24) is 0 Å². The molecule has 0 aliphatic heterocycles. The Morgan fingerprint density at radius 2 is 1.74 bits per heavy atom. The van der Waals surface area contributed by atoms with Crippen molar-refractivity contribution in [3.63, 3.8) is 0 Å². The van der Waals surface area contributed by atoms with Gasteiger partial charge in [-0.3, -0.25) is 9.59 Å². The molecule has 0 aliphatic carbocycles. The van der Waals surface area contributed by atoms with Crippen molar-refractivity contribution in [2.24, 2.45) is 16.6 Å². The number of hydrogen-bond acceptors (Lipinski definition) is 9. The maximum Gasteiger partial charge on any atom is 0.344 e. The van der Waals surface area contributed by atoms with Crippen LogP contribution in [0.2, 0.25) is 5.02 Å². The first-order valence-electron chi connectivity index (χ1n) is 12.9. The third kappa shape index (κ3) is 8.51. The van der Waals surface area contributed by atoms with Gasteiger partial charge in [0, 0.05) is 39.6 Å². The lowest BCUT2D eigenvalue weighted by Gasteiger charge is -2.20. The number of nitrogens with two attached hydrogens (primary N) is 2. The first-order chi connectivity index (χ1) is 20.0. The second kappa shape index (κ2) is 14.6. The summed E-state index contributed by atoms with van der Waals surface area (Å²) in [6.45, 7) is 5.11. The van der Waals surface area contributed by atoms with E-state index in [9.17, 15) is 14.4 Å². The molecule has 7 N–H and O–H groups in total. The number of anilines is 2. The highest BCUT2D eigenvalue weighted by Gasteiger charge is 2.20. The molecule has 2 amide bonds. The molecule has 0 bridgehead atoms. The molecule has 0 heterocycles. The maximum absolute atomic E-state index is 13.2. The average molecular weight is 598 g/mol. The van der Waals surface area contributed by atoms with Crippen molar-refractivity contribution in [3.05, 3.63) is 81.9 Å². The second-order valence-corrected chi connectivity index (χ2v) is 9.58. The van der Waals surface area contributed by atoms with E-state index in [1.54, 1.807) is 57.2 Å². The summed E-state index contributed by atoms with van der Waals surface area (Å²) in [4.78, 5) is 37.4. The highest BCUT2D eigenvalue weighted by molar-refractivity contribution is 6.31. The third-order valence-electron chi connectivity index (χ3n) is 5.66. The molecule has 0 aliphatic rings. The summed E-state index contributed by atoms with van der Waals surface area (Å²) < 4.78 is 16.6. The first kappa shape index (κ1) is 31.6. The summed E-state index contributed by atoms with van der Waals surface area (Å²) in [6, 6.07) is 14.1. The van der Waals surface area contributed by atoms with Crippen LogP contribution in [0.25, 0.3) is 0 Å². The van der Waals surface area contributed by atoms with E-state index < -0.39 is 24.4 Å². The van der Waals surface area contributed by atoms with Crippen molar-refractivity contribution in [3.8, 4) is 11.5 Å². The molecule has 0 spiro atoms. The number of nitrogens with one attached hydrogen (secondary N) is 2. The normalized spacial score (nSPS) is 11.1. The molecule has 0 fully saturated rings. The molecule has 0 atom stereocenters. The van der Waals surface area contributed by atoms with Gasteiger partial charge in [-0.25, -0.2) is 4.79 Å². The predicted octanol–water partition coefficient (Wildman–Crippen LogP) is 4.13. The van der Waals surface area contributed by atoms with Crippen molar-refractivity contribution >= 4 is 46.6 Å². The van der Waals surface area contributed by atoms with Crippen molar-refractivity contribution in [2.75, 3.05) is 23.8 Å². The van der Waals surface area contributed by atoms with Gasteiger partial charge in [-0.15, -0.1) is 0 Å². The summed E-state index contributed by atoms with van der Waals surface area (Å²) in [5.74, 6) is -1.38. The minimum absolute atomic E-state index is 0.0457. The van der Waals surface area contributed by atoms with Crippen molar-refractivity contribution in [1.29, 1.82) is 0 Å². The SMILES string of the molecule is CCOC(=O)COc1c(CNc2ccc(Cl)cc2C(=O)Nc2ccc(/C(N)=N/O)cc2)cc(C(N)=O)cc1OC(C)C. The van der Waals surface area contributed by atoms with Crippen LogP contribution in [0.4, 0.5) is 11.4 Å². The Bertz CT molecular complexity index is 1480. The molecular formula is C29H32ClN5O7. The van der Waals surface area contributed by atoms with Gasteiger partial charge in [0.05, 0.1) is 18.3 Å². The number of halogens is 1. The number of oxime groups is 1. The van der Waals surface area contributed by atoms with Crippen LogP contribution in [-0.2, 0) is 16.1 Å². The Kier molecular flexibility index (Phi) is 11.0. The number of amides is 2. The lowest BCUT2D eigenvalue weighted by atomic mass is 10.1. The number of esters is 1. The van der Waals surface area contributed by atoms with Gasteiger partial charge >= 0.3 is 5.97 Å². The Labute approximate surface area is 247 Å². The lowest BCUT2D eigenvalue weighted by Crippen LogP contribution is -2.19. The molecule has 3 aromatic carbocycles. The number of rotatable bonds is 13. The quantitative estimate of drug-likeness (QED) is 0.0634. The smallest absolute Gasteiger partial charge is 0.344 e. The molecule has 42 heavy (non-hydrogen) atoms. The van der Waals surface area contributed by atoms with Crippen LogP contribution in [0.15, 0.2) is 59.8 Å². The second-order valence-electron chi connectivity index (χ2n) is 9.15. The van der Waals surface area contributed by atoms with E-state index in [0.717, 1.165) is 0 Å². The zero-order chi connectivity index (χ0) is 30.8. The van der Waals surface area contributed by atoms with Crippen LogP contribution in [0.3, 0.4) is 0 Å². The molecule has 12 nitrogen and oxygen atoms in total. The summed E-state index contributed by atoms with van der Waals surface area (Å²) in [6.07, 6.45) is -0.285. The van der Waals surface area contributed by atoms with Gasteiger partial charge in [0.2, 0.25) is 5.91 Å². The molecule has 0 radical (unpaired) electrons. The molecule has 0 saturated heterocycles. The minimum Gasteiger partial charge on any atom is -0.487 e. The number of carbonyl (C=O) groups excluding carboxylic acids is 3. The third-order valence-corrected chi connectivity index (χ3v) is 5.90. The number of ether oxygens (including phenoxy) is 3. The number of carbonyl (C=O) groups is 3. The lowest BCUT2D eigenvalue weighted by molar-refractivity contribution is -0.145. The van der Waals surface area contributed by atoms with E-state index in [0.29, 0.717) is 27.5 Å². The van der Waals surface area contributed by atoms with Gasteiger partial charge in [-0.05, 0) is 75.4 Å². The fraction of sp³-hybridized carbons (Fsp3) is 0.241.